The minimum atomic E-state index is -0.204. The third-order valence-electron chi connectivity index (χ3n) is 1.69. The van der Waals surface area contributed by atoms with Crippen molar-refractivity contribution < 1.29 is 9.53 Å². The summed E-state index contributed by atoms with van der Waals surface area (Å²) in [7, 11) is 0. The standard InChI is InChI=1S/C10H20O2/c1-6-9(12-8(4)5)10(11)7(2)3/h7-9H,6H2,1-5H3/t9-/m0/s1. The van der Waals surface area contributed by atoms with Gasteiger partial charge in [-0.3, -0.25) is 4.79 Å². The molecule has 0 aromatic heterocycles. The highest BCUT2D eigenvalue weighted by atomic mass is 16.5. The van der Waals surface area contributed by atoms with Gasteiger partial charge in [0.05, 0.1) is 6.10 Å². The fourth-order valence-electron chi connectivity index (χ4n) is 1.06. The van der Waals surface area contributed by atoms with Crippen molar-refractivity contribution in [1.82, 2.24) is 0 Å². The van der Waals surface area contributed by atoms with Gasteiger partial charge in [-0.15, -0.1) is 0 Å². The van der Waals surface area contributed by atoms with Crippen molar-refractivity contribution in [2.24, 2.45) is 5.92 Å². The van der Waals surface area contributed by atoms with E-state index in [0.29, 0.717) is 0 Å². The first-order valence-corrected chi connectivity index (χ1v) is 4.68. The summed E-state index contributed by atoms with van der Waals surface area (Å²) in [6.07, 6.45) is 0.706. The molecule has 2 heteroatoms. The molecule has 0 amide bonds. The van der Waals surface area contributed by atoms with E-state index in [1.165, 1.54) is 0 Å². The first kappa shape index (κ1) is 11.6. The third-order valence-corrected chi connectivity index (χ3v) is 1.69. The van der Waals surface area contributed by atoms with Crippen molar-refractivity contribution >= 4 is 5.78 Å². The van der Waals surface area contributed by atoms with E-state index in [2.05, 4.69) is 0 Å². The molecule has 0 N–H and O–H groups in total. The van der Waals surface area contributed by atoms with E-state index in [0.717, 1.165) is 6.42 Å². The van der Waals surface area contributed by atoms with Crippen molar-refractivity contribution in [2.75, 3.05) is 0 Å². The van der Waals surface area contributed by atoms with Crippen LogP contribution < -0.4 is 0 Å². The molecule has 12 heavy (non-hydrogen) atoms. The first-order chi connectivity index (χ1) is 5.49. The van der Waals surface area contributed by atoms with Crippen LogP contribution in [0.2, 0.25) is 0 Å². The molecular formula is C10H20O2. The van der Waals surface area contributed by atoms with Crippen LogP contribution in [0.5, 0.6) is 0 Å². The lowest BCUT2D eigenvalue weighted by Gasteiger charge is -2.19. The lowest BCUT2D eigenvalue weighted by molar-refractivity contribution is -0.136. The summed E-state index contributed by atoms with van der Waals surface area (Å²) in [5.74, 6) is 0.292. The van der Waals surface area contributed by atoms with Gasteiger partial charge in [-0.1, -0.05) is 20.8 Å². The largest absolute Gasteiger partial charge is 0.368 e. The van der Waals surface area contributed by atoms with Crippen LogP contribution in [0, 0.1) is 5.92 Å². The molecule has 0 heterocycles. The van der Waals surface area contributed by atoms with Crippen molar-refractivity contribution in [3.05, 3.63) is 0 Å². The molecule has 0 unspecified atom stereocenters. The molecule has 0 bridgehead atoms. The molecule has 0 aliphatic carbocycles. The highest BCUT2D eigenvalue weighted by Crippen LogP contribution is 2.09. The fraction of sp³-hybridized carbons (Fsp3) is 0.900. The summed E-state index contributed by atoms with van der Waals surface area (Å²) in [6.45, 7) is 9.71. The summed E-state index contributed by atoms with van der Waals surface area (Å²) in [5.41, 5.74) is 0. The van der Waals surface area contributed by atoms with Gasteiger partial charge in [0.1, 0.15) is 6.10 Å². The fourth-order valence-corrected chi connectivity index (χ4v) is 1.06. The second-order valence-electron chi connectivity index (χ2n) is 3.64. The lowest BCUT2D eigenvalue weighted by atomic mass is 10.0. The molecule has 0 fully saturated rings. The topological polar surface area (TPSA) is 26.3 Å². The Balaban J connectivity index is 4.06. The quantitative estimate of drug-likeness (QED) is 0.636. The average Bonchev–Trinajstić information content (AvgIpc) is 1.98. The first-order valence-electron chi connectivity index (χ1n) is 4.68. The maximum Gasteiger partial charge on any atom is 0.164 e. The lowest BCUT2D eigenvalue weighted by Crippen LogP contribution is -2.29. The highest BCUT2D eigenvalue weighted by molar-refractivity contribution is 5.84. The third kappa shape index (κ3) is 3.86. The van der Waals surface area contributed by atoms with Crippen LogP contribution in [0.4, 0.5) is 0 Å². The Bertz CT molecular complexity index is 139. The number of carbonyl (C=O) groups is 1. The Hall–Kier alpha value is -0.370. The second kappa shape index (κ2) is 5.31. The molecule has 0 radical (unpaired) electrons. The molecule has 0 aliphatic rings. The van der Waals surface area contributed by atoms with Gasteiger partial charge in [0, 0.05) is 5.92 Å². The van der Waals surface area contributed by atoms with Gasteiger partial charge in [0.2, 0.25) is 0 Å². The van der Waals surface area contributed by atoms with Crippen LogP contribution in [0.1, 0.15) is 41.0 Å². The molecule has 0 saturated heterocycles. The van der Waals surface area contributed by atoms with Gasteiger partial charge in [-0.2, -0.15) is 0 Å². The minimum Gasteiger partial charge on any atom is -0.368 e. The van der Waals surface area contributed by atoms with Gasteiger partial charge in [0.15, 0.2) is 5.78 Å². The predicted molar refractivity (Wildman–Crippen MR) is 50.1 cm³/mol. The zero-order chi connectivity index (χ0) is 9.72. The summed E-state index contributed by atoms with van der Waals surface area (Å²) < 4.78 is 5.47. The van der Waals surface area contributed by atoms with Gasteiger partial charge >= 0.3 is 0 Å². The molecule has 0 aliphatic heterocycles. The molecule has 0 rings (SSSR count). The normalized spacial score (nSPS) is 13.9. The summed E-state index contributed by atoms with van der Waals surface area (Å²) in [5, 5.41) is 0. The predicted octanol–water partition coefficient (Wildman–Crippen LogP) is 2.42. The summed E-state index contributed by atoms with van der Waals surface area (Å²) in [6, 6.07) is 0. The Kier molecular flexibility index (Phi) is 5.14. The Morgan fingerprint density at radius 1 is 1.25 bits per heavy atom. The summed E-state index contributed by atoms with van der Waals surface area (Å²) in [4.78, 5) is 11.5. The number of carbonyl (C=O) groups excluding carboxylic acids is 1. The zero-order valence-corrected chi connectivity index (χ0v) is 8.76. The van der Waals surface area contributed by atoms with E-state index in [4.69, 9.17) is 4.74 Å². The van der Waals surface area contributed by atoms with Crippen LogP contribution in [0.3, 0.4) is 0 Å². The van der Waals surface area contributed by atoms with E-state index in [1.54, 1.807) is 0 Å². The van der Waals surface area contributed by atoms with Crippen LogP contribution in [-0.2, 0) is 9.53 Å². The molecule has 0 saturated carbocycles. The highest BCUT2D eigenvalue weighted by Gasteiger charge is 2.20. The number of ether oxygens (including phenoxy) is 1. The van der Waals surface area contributed by atoms with E-state index in [-0.39, 0.29) is 23.9 Å². The van der Waals surface area contributed by atoms with Crippen molar-refractivity contribution in [3.8, 4) is 0 Å². The van der Waals surface area contributed by atoms with Crippen LogP contribution in [0.15, 0.2) is 0 Å². The summed E-state index contributed by atoms with van der Waals surface area (Å²) >= 11 is 0. The van der Waals surface area contributed by atoms with Crippen molar-refractivity contribution in [1.29, 1.82) is 0 Å². The number of hydrogen-bond acceptors (Lipinski definition) is 2. The maximum absolute atomic E-state index is 11.5. The Morgan fingerprint density at radius 2 is 1.75 bits per heavy atom. The number of rotatable bonds is 5. The second-order valence-corrected chi connectivity index (χ2v) is 3.64. The molecule has 1 atom stereocenters. The molecule has 0 aromatic carbocycles. The van der Waals surface area contributed by atoms with E-state index < -0.39 is 0 Å². The zero-order valence-electron chi connectivity index (χ0n) is 8.76. The van der Waals surface area contributed by atoms with Crippen LogP contribution >= 0.6 is 0 Å². The van der Waals surface area contributed by atoms with Crippen LogP contribution in [-0.4, -0.2) is 18.0 Å². The number of ketones is 1. The van der Waals surface area contributed by atoms with Gasteiger partial charge in [-0.25, -0.2) is 0 Å². The molecule has 2 nitrogen and oxygen atoms in total. The minimum absolute atomic E-state index is 0.0775. The van der Waals surface area contributed by atoms with Gasteiger partial charge in [0.25, 0.3) is 0 Å². The van der Waals surface area contributed by atoms with Gasteiger partial charge < -0.3 is 4.74 Å². The van der Waals surface area contributed by atoms with Gasteiger partial charge in [-0.05, 0) is 20.3 Å². The Labute approximate surface area is 75.3 Å². The molecule has 0 spiro atoms. The molecule has 0 aromatic rings. The average molecular weight is 172 g/mol. The molecular weight excluding hydrogens is 152 g/mol. The van der Waals surface area contributed by atoms with E-state index in [1.807, 2.05) is 34.6 Å². The maximum atomic E-state index is 11.5. The SMILES string of the molecule is CC[C@H](OC(C)C)C(=O)C(C)C. The van der Waals surface area contributed by atoms with Crippen molar-refractivity contribution in [2.45, 2.75) is 53.2 Å². The number of Topliss-reactive ketones (excluding diaryl/α,β-unsaturated/α-hetero) is 1. The van der Waals surface area contributed by atoms with Crippen LogP contribution in [0.25, 0.3) is 0 Å². The van der Waals surface area contributed by atoms with Crippen molar-refractivity contribution in [3.63, 3.8) is 0 Å². The number of hydrogen-bond donors (Lipinski definition) is 0. The Morgan fingerprint density at radius 3 is 2.00 bits per heavy atom. The monoisotopic (exact) mass is 172 g/mol. The van der Waals surface area contributed by atoms with E-state index >= 15 is 0 Å². The smallest absolute Gasteiger partial charge is 0.164 e. The molecule has 72 valence electrons. The van der Waals surface area contributed by atoms with E-state index in [9.17, 15) is 4.79 Å².